The fraction of sp³-hybridized carbons (Fsp3) is 0.600. The highest BCUT2D eigenvalue weighted by Crippen LogP contribution is 2.44. The second-order valence-corrected chi connectivity index (χ2v) is 3.63. The summed E-state index contributed by atoms with van der Waals surface area (Å²) in [5.41, 5.74) is -0.0150. The molecular formula is C10H14O3. The highest BCUT2D eigenvalue weighted by Gasteiger charge is 2.39. The molecule has 1 aliphatic carbocycles. The van der Waals surface area contributed by atoms with Gasteiger partial charge in [-0.25, -0.2) is 0 Å². The van der Waals surface area contributed by atoms with E-state index in [4.69, 9.17) is 14.2 Å². The van der Waals surface area contributed by atoms with Crippen LogP contribution in [0.2, 0.25) is 0 Å². The van der Waals surface area contributed by atoms with E-state index >= 15 is 0 Å². The van der Waals surface area contributed by atoms with E-state index in [1.54, 1.807) is 14.2 Å². The average molecular weight is 182 g/mol. The maximum Gasteiger partial charge on any atom is 0.165 e. The summed E-state index contributed by atoms with van der Waals surface area (Å²) in [5.74, 6) is 2.12. The lowest BCUT2D eigenvalue weighted by atomic mass is 9.83. The van der Waals surface area contributed by atoms with Gasteiger partial charge in [-0.1, -0.05) is 6.08 Å². The zero-order chi connectivity index (χ0) is 9.31. The monoisotopic (exact) mass is 182 g/mol. The minimum absolute atomic E-state index is 0.0150. The van der Waals surface area contributed by atoms with Crippen LogP contribution in [0.1, 0.15) is 6.42 Å². The van der Waals surface area contributed by atoms with Gasteiger partial charge < -0.3 is 14.2 Å². The summed E-state index contributed by atoms with van der Waals surface area (Å²) < 4.78 is 15.7. The Bertz CT molecular complexity index is 259. The molecule has 0 atom stereocenters. The Morgan fingerprint density at radius 2 is 2.08 bits per heavy atom. The van der Waals surface area contributed by atoms with Crippen LogP contribution in [0.4, 0.5) is 0 Å². The molecule has 0 aromatic heterocycles. The standard InChI is InChI=1S/C10H14O3/c1-11-6-10(7-12-2)4-3-8-9(5-10)13-8/h3-4H,5-7H2,1-2H3. The van der Waals surface area contributed by atoms with Gasteiger partial charge in [0.05, 0.1) is 13.2 Å². The molecule has 0 radical (unpaired) electrons. The van der Waals surface area contributed by atoms with Crippen molar-refractivity contribution in [2.75, 3.05) is 27.4 Å². The van der Waals surface area contributed by atoms with Crippen molar-refractivity contribution in [3.05, 3.63) is 23.7 Å². The average Bonchev–Trinajstić information content (AvgIpc) is 2.83. The topological polar surface area (TPSA) is 31.0 Å². The Labute approximate surface area is 78.0 Å². The van der Waals surface area contributed by atoms with Crippen molar-refractivity contribution < 1.29 is 14.2 Å². The van der Waals surface area contributed by atoms with Gasteiger partial charge in [-0.15, -0.1) is 0 Å². The van der Waals surface area contributed by atoms with E-state index in [9.17, 15) is 0 Å². The Hall–Kier alpha value is -0.800. The molecule has 72 valence electrons. The van der Waals surface area contributed by atoms with Crippen LogP contribution >= 0.6 is 0 Å². The molecule has 0 bridgehead atoms. The van der Waals surface area contributed by atoms with Crippen LogP contribution in [0.15, 0.2) is 23.7 Å². The van der Waals surface area contributed by atoms with Crippen molar-refractivity contribution in [1.82, 2.24) is 0 Å². The fourth-order valence-corrected chi connectivity index (χ4v) is 1.80. The van der Waals surface area contributed by atoms with Crippen LogP contribution in [0.5, 0.6) is 0 Å². The summed E-state index contributed by atoms with van der Waals surface area (Å²) in [6.45, 7) is 1.36. The molecule has 0 amide bonds. The summed E-state index contributed by atoms with van der Waals surface area (Å²) in [7, 11) is 3.42. The highest BCUT2D eigenvalue weighted by molar-refractivity contribution is 5.36. The number of methoxy groups -OCH3 is 2. The summed E-state index contributed by atoms with van der Waals surface area (Å²) in [4.78, 5) is 0. The smallest absolute Gasteiger partial charge is 0.165 e. The van der Waals surface area contributed by atoms with Gasteiger partial charge in [-0.05, 0) is 6.08 Å². The summed E-state index contributed by atoms with van der Waals surface area (Å²) in [6.07, 6.45) is 5.04. The Kier molecular flexibility index (Phi) is 2.14. The van der Waals surface area contributed by atoms with Crippen LogP contribution < -0.4 is 0 Å². The SMILES string of the molecule is COCC1(COC)C=CC2=C(C1)O2. The van der Waals surface area contributed by atoms with Gasteiger partial charge in [-0.2, -0.15) is 0 Å². The van der Waals surface area contributed by atoms with Crippen LogP contribution in [0, 0.1) is 5.41 Å². The molecule has 0 spiro atoms. The van der Waals surface area contributed by atoms with Crippen molar-refractivity contribution in [2.24, 2.45) is 5.41 Å². The lowest BCUT2D eigenvalue weighted by molar-refractivity contribution is 0.0389. The Morgan fingerprint density at radius 1 is 1.38 bits per heavy atom. The first-order valence-electron chi connectivity index (χ1n) is 4.38. The number of hydrogen-bond acceptors (Lipinski definition) is 3. The Morgan fingerprint density at radius 3 is 2.62 bits per heavy atom. The van der Waals surface area contributed by atoms with Crippen molar-refractivity contribution in [3.8, 4) is 0 Å². The van der Waals surface area contributed by atoms with Crippen LogP contribution in [0.25, 0.3) is 0 Å². The molecule has 2 aliphatic rings. The van der Waals surface area contributed by atoms with E-state index in [2.05, 4.69) is 6.08 Å². The first-order valence-corrected chi connectivity index (χ1v) is 4.38. The van der Waals surface area contributed by atoms with Gasteiger partial charge in [-0.3, -0.25) is 0 Å². The van der Waals surface area contributed by atoms with Gasteiger partial charge in [0.15, 0.2) is 5.76 Å². The first-order chi connectivity index (χ1) is 6.29. The van der Waals surface area contributed by atoms with E-state index < -0.39 is 0 Å². The number of ether oxygens (including phenoxy) is 3. The summed E-state index contributed by atoms with van der Waals surface area (Å²) in [5, 5.41) is 0. The molecule has 3 heteroatoms. The van der Waals surface area contributed by atoms with E-state index in [-0.39, 0.29) is 5.41 Å². The highest BCUT2D eigenvalue weighted by atomic mass is 16.6. The van der Waals surface area contributed by atoms with Gasteiger partial charge >= 0.3 is 0 Å². The number of rotatable bonds is 4. The second-order valence-electron chi connectivity index (χ2n) is 3.63. The maximum absolute atomic E-state index is 5.26. The molecule has 13 heavy (non-hydrogen) atoms. The predicted molar refractivity (Wildman–Crippen MR) is 48.1 cm³/mol. The van der Waals surface area contributed by atoms with Gasteiger partial charge in [0, 0.05) is 26.1 Å². The van der Waals surface area contributed by atoms with E-state index in [0.717, 1.165) is 17.9 Å². The van der Waals surface area contributed by atoms with Gasteiger partial charge in [0.25, 0.3) is 0 Å². The van der Waals surface area contributed by atoms with E-state index in [0.29, 0.717) is 13.2 Å². The third kappa shape index (κ3) is 1.62. The lowest BCUT2D eigenvalue weighted by Crippen LogP contribution is -2.30. The molecule has 0 N–H and O–H groups in total. The zero-order valence-corrected chi connectivity index (χ0v) is 8.00. The molecule has 0 saturated heterocycles. The van der Waals surface area contributed by atoms with Crippen molar-refractivity contribution in [2.45, 2.75) is 6.42 Å². The second kappa shape index (κ2) is 3.16. The lowest BCUT2D eigenvalue weighted by Gasteiger charge is -2.27. The van der Waals surface area contributed by atoms with Crippen molar-refractivity contribution in [1.29, 1.82) is 0 Å². The maximum atomic E-state index is 5.26. The molecule has 0 saturated carbocycles. The Balaban J connectivity index is 2.06. The largest absolute Gasteiger partial charge is 0.454 e. The van der Waals surface area contributed by atoms with Gasteiger partial charge in [0.2, 0.25) is 0 Å². The first kappa shape index (κ1) is 8.78. The van der Waals surface area contributed by atoms with E-state index in [1.807, 2.05) is 6.08 Å². The van der Waals surface area contributed by atoms with E-state index in [1.165, 1.54) is 0 Å². The van der Waals surface area contributed by atoms with Crippen LogP contribution in [-0.4, -0.2) is 27.4 Å². The molecule has 2 rings (SSSR count). The number of hydrogen-bond donors (Lipinski definition) is 0. The van der Waals surface area contributed by atoms with Gasteiger partial charge in [0.1, 0.15) is 5.76 Å². The molecular weight excluding hydrogens is 168 g/mol. The van der Waals surface area contributed by atoms with Crippen molar-refractivity contribution in [3.63, 3.8) is 0 Å². The summed E-state index contributed by atoms with van der Waals surface area (Å²) in [6, 6.07) is 0. The quantitative estimate of drug-likeness (QED) is 0.659. The normalized spacial score (nSPS) is 22.6. The molecule has 0 aromatic carbocycles. The molecule has 1 heterocycles. The minimum Gasteiger partial charge on any atom is -0.454 e. The molecule has 0 aromatic rings. The molecule has 0 unspecified atom stereocenters. The number of allylic oxidation sites excluding steroid dienone is 2. The third-order valence-electron chi connectivity index (χ3n) is 2.43. The van der Waals surface area contributed by atoms with Crippen LogP contribution in [-0.2, 0) is 14.2 Å². The predicted octanol–water partition coefficient (Wildman–Crippen LogP) is 1.47. The minimum atomic E-state index is -0.0150. The zero-order valence-electron chi connectivity index (χ0n) is 8.00. The summed E-state index contributed by atoms with van der Waals surface area (Å²) >= 11 is 0. The molecule has 1 aliphatic heterocycles. The van der Waals surface area contributed by atoms with Crippen molar-refractivity contribution >= 4 is 0 Å². The van der Waals surface area contributed by atoms with Crippen LogP contribution in [0.3, 0.4) is 0 Å². The fourth-order valence-electron chi connectivity index (χ4n) is 1.80. The molecule has 3 nitrogen and oxygen atoms in total. The third-order valence-corrected chi connectivity index (χ3v) is 2.43. The molecule has 0 fully saturated rings.